The quantitative estimate of drug-likeness (QED) is 0.0665. The number of carboxylic acid groups (broad SMARTS) is 1. The first-order valence-corrected chi connectivity index (χ1v) is 14.5. The average Bonchev–Trinajstić information content (AvgIpc) is 3.41. The van der Waals surface area contributed by atoms with E-state index in [0.29, 0.717) is 11.1 Å². The minimum Gasteiger partial charge on any atom is -0.477 e. The summed E-state index contributed by atoms with van der Waals surface area (Å²) in [4.78, 5) is 44.4. The summed E-state index contributed by atoms with van der Waals surface area (Å²) < 4.78 is 33.2. The Balaban J connectivity index is 1.57. The first kappa shape index (κ1) is 28.5. The van der Waals surface area contributed by atoms with Crippen LogP contribution in [0.1, 0.15) is 12.0 Å². The van der Waals surface area contributed by atoms with Gasteiger partial charge >= 0.3 is 16.3 Å². The Kier molecular flexibility index (Phi) is 8.85. The molecule has 2 aromatic rings. The number of benzene rings is 1. The maximum Gasteiger partial charge on any atom is 0.352 e. The second kappa shape index (κ2) is 12.1. The topological polar surface area (TPSA) is 229 Å². The van der Waals surface area contributed by atoms with Crippen LogP contribution in [0.2, 0.25) is 0 Å². The van der Waals surface area contributed by atoms with Crippen molar-refractivity contribution in [3.63, 3.8) is 0 Å². The number of hydrogen-bond donors (Lipinski definition) is 5. The highest BCUT2D eigenvalue weighted by molar-refractivity contribution is 8.01. The number of tetrazole rings is 1. The number of β-lactam (4-membered cyclic amide) rings is 1. The minimum absolute atomic E-state index is 0.0403. The number of H-pyrrole nitrogens is 1. The highest BCUT2D eigenvalue weighted by Gasteiger charge is 2.55. The Labute approximate surface area is 229 Å². The highest BCUT2D eigenvalue weighted by Crippen LogP contribution is 2.44. The molecule has 4 rings (SSSR count). The number of carboxylic acids is 1. The maximum absolute atomic E-state index is 13.2. The number of amides is 2. The summed E-state index contributed by atoms with van der Waals surface area (Å²) in [6.45, 7) is -0.226. The molecule has 2 amide bonds. The van der Waals surface area contributed by atoms with Crippen LogP contribution < -0.4 is 10.0 Å². The van der Waals surface area contributed by atoms with Crippen molar-refractivity contribution in [3.8, 4) is 0 Å². The van der Waals surface area contributed by atoms with Crippen LogP contribution >= 0.6 is 23.5 Å². The highest BCUT2D eigenvalue weighted by atomic mass is 32.2. The number of nitrogens with one attached hydrogen (secondary N) is 3. The number of carbonyl (C=O) groups is 3. The van der Waals surface area contributed by atoms with Gasteiger partial charge in [0.15, 0.2) is 5.71 Å². The van der Waals surface area contributed by atoms with Gasteiger partial charge in [-0.3, -0.25) is 19.0 Å². The third kappa shape index (κ3) is 6.56. The number of hydrogen-bond acceptors (Lipinski definition) is 12. The number of fused-ring (bicyclic) bond motifs is 1. The summed E-state index contributed by atoms with van der Waals surface area (Å²) in [6, 6.07) is 7.46. The van der Waals surface area contributed by atoms with Crippen molar-refractivity contribution < 1.29 is 37.3 Å². The second-order valence-corrected chi connectivity index (χ2v) is 11.5. The van der Waals surface area contributed by atoms with Crippen LogP contribution in [-0.2, 0) is 29.5 Å². The number of thioether (sulfide) groups is 2. The van der Waals surface area contributed by atoms with E-state index >= 15 is 0 Å². The van der Waals surface area contributed by atoms with Gasteiger partial charge in [-0.2, -0.15) is 13.1 Å². The number of carbonyl (C=O) groups excluding carboxylic acids is 2. The van der Waals surface area contributed by atoms with E-state index < -0.39 is 44.8 Å². The van der Waals surface area contributed by atoms with Crippen molar-refractivity contribution in [2.24, 2.45) is 5.16 Å². The molecule has 3 heterocycles. The van der Waals surface area contributed by atoms with Gasteiger partial charge in [-0.15, -0.1) is 16.9 Å². The van der Waals surface area contributed by atoms with E-state index in [1.165, 1.54) is 18.9 Å². The molecule has 2 unspecified atom stereocenters. The first-order chi connectivity index (χ1) is 18.6. The Bertz CT molecular complexity index is 1400. The molecule has 1 fully saturated rings. The smallest absolute Gasteiger partial charge is 0.352 e. The van der Waals surface area contributed by atoms with Gasteiger partial charge in [0.2, 0.25) is 5.16 Å². The van der Waals surface area contributed by atoms with Crippen LogP contribution in [0.15, 0.2) is 51.9 Å². The molecule has 1 saturated heterocycles. The molecule has 0 bridgehead atoms. The molecular weight excluding hydrogens is 576 g/mol. The van der Waals surface area contributed by atoms with Gasteiger partial charge in [-0.25, -0.2) is 9.89 Å². The Morgan fingerprint density at radius 1 is 1.36 bits per heavy atom. The fourth-order valence-electron chi connectivity index (χ4n) is 3.97. The minimum atomic E-state index is -4.48. The molecule has 3 atom stereocenters. The SMILES string of the molecule is CON=C(C(=O)NC1C(=O)N2C(C(=O)O)=C(C(CCNS(=O)(=O)O)Sc3nnn[nH]3)CS[C@@H]12)c1ccccc1. The van der Waals surface area contributed by atoms with Gasteiger partial charge < -0.3 is 15.3 Å². The number of nitrogens with zero attached hydrogens (tertiary/aromatic N) is 5. The van der Waals surface area contributed by atoms with Crippen LogP contribution in [0.4, 0.5) is 0 Å². The molecule has 0 saturated carbocycles. The van der Waals surface area contributed by atoms with Gasteiger partial charge in [-0.1, -0.05) is 47.2 Å². The lowest BCUT2D eigenvalue weighted by Crippen LogP contribution is -2.71. The van der Waals surface area contributed by atoms with Crippen LogP contribution in [0.5, 0.6) is 0 Å². The number of aromatic amines is 1. The molecule has 0 aliphatic carbocycles. The second-order valence-electron chi connectivity index (χ2n) is 8.00. The van der Waals surface area contributed by atoms with E-state index in [0.717, 1.165) is 16.7 Å². The molecule has 19 heteroatoms. The molecule has 1 aromatic heterocycles. The van der Waals surface area contributed by atoms with Crippen LogP contribution in [0.25, 0.3) is 0 Å². The zero-order valence-corrected chi connectivity index (χ0v) is 22.5. The van der Waals surface area contributed by atoms with E-state index in [1.54, 1.807) is 30.3 Å². The first-order valence-electron chi connectivity index (χ1n) is 11.1. The average molecular weight is 599 g/mol. The largest absolute Gasteiger partial charge is 0.477 e. The van der Waals surface area contributed by atoms with Crippen LogP contribution in [0.3, 0.4) is 0 Å². The van der Waals surface area contributed by atoms with Crippen molar-refractivity contribution in [1.82, 2.24) is 35.6 Å². The Morgan fingerprint density at radius 3 is 2.72 bits per heavy atom. The molecule has 2 aliphatic rings. The van der Waals surface area contributed by atoms with E-state index in [9.17, 15) is 27.9 Å². The lowest BCUT2D eigenvalue weighted by atomic mass is 10.00. The van der Waals surface area contributed by atoms with Gasteiger partial charge in [0, 0.05) is 23.1 Å². The van der Waals surface area contributed by atoms with Crippen LogP contribution in [0, 0.1) is 0 Å². The standard InChI is InChI=1S/C20H22N8O8S3/c1-36-25-13(10-5-3-2-4-6-10)16(29)22-14-17(30)28-15(19(31)32)11(9-37-18(14)28)12(7-8-21-39(33,34)35)38-20-23-26-27-24-20/h2-6,12,14,18,21H,7-9H2,1H3,(H,22,29)(H,31,32)(H,33,34,35)(H,23,24,26,27)/t12?,14?,18-/m0/s1. The summed E-state index contributed by atoms with van der Waals surface area (Å²) >= 11 is 2.27. The summed E-state index contributed by atoms with van der Waals surface area (Å²) in [5, 5.41) is 28.6. The van der Waals surface area contributed by atoms with Crippen molar-refractivity contribution in [2.75, 3.05) is 19.4 Å². The zero-order valence-electron chi connectivity index (χ0n) is 20.0. The number of rotatable bonds is 12. The van der Waals surface area contributed by atoms with Gasteiger partial charge in [0.25, 0.3) is 11.8 Å². The molecule has 0 radical (unpaired) electrons. The molecular formula is C20H22N8O8S3. The predicted octanol–water partition coefficient (Wildman–Crippen LogP) is -0.768. The molecule has 208 valence electrons. The van der Waals surface area contributed by atoms with Crippen molar-refractivity contribution in [1.29, 1.82) is 0 Å². The number of aliphatic carboxylic acids is 1. The lowest BCUT2D eigenvalue weighted by molar-refractivity contribution is -0.150. The van der Waals surface area contributed by atoms with Gasteiger partial charge in [0.1, 0.15) is 24.2 Å². The fraction of sp³-hybridized carbons (Fsp3) is 0.350. The lowest BCUT2D eigenvalue weighted by Gasteiger charge is -2.50. The monoisotopic (exact) mass is 598 g/mol. The summed E-state index contributed by atoms with van der Waals surface area (Å²) in [5.41, 5.74) is 0.458. The van der Waals surface area contributed by atoms with E-state index in [2.05, 4.69) is 31.1 Å². The normalized spacial score (nSPS) is 20.2. The molecule has 5 N–H and O–H groups in total. The van der Waals surface area contributed by atoms with Crippen molar-refractivity contribution in [2.45, 2.75) is 28.2 Å². The summed E-state index contributed by atoms with van der Waals surface area (Å²) in [7, 11) is -3.20. The summed E-state index contributed by atoms with van der Waals surface area (Å²) in [6.07, 6.45) is 0.0403. The molecule has 0 spiro atoms. The van der Waals surface area contributed by atoms with Crippen molar-refractivity contribution >= 4 is 57.3 Å². The predicted molar refractivity (Wildman–Crippen MR) is 138 cm³/mol. The van der Waals surface area contributed by atoms with Gasteiger partial charge in [0.05, 0.1) is 0 Å². The number of aromatic nitrogens is 4. The molecule has 2 aliphatic heterocycles. The van der Waals surface area contributed by atoms with Gasteiger partial charge in [-0.05, 0) is 22.4 Å². The zero-order chi connectivity index (χ0) is 28.2. The van der Waals surface area contributed by atoms with Crippen molar-refractivity contribution in [3.05, 3.63) is 47.2 Å². The molecule has 16 nitrogen and oxygen atoms in total. The molecule has 1 aromatic carbocycles. The van der Waals surface area contributed by atoms with E-state index in [-0.39, 0.29) is 35.3 Å². The summed E-state index contributed by atoms with van der Waals surface area (Å²) in [5.74, 6) is -2.54. The van der Waals surface area contributed by atoms with Crippen LogP contribution in [-0.4, -0.2) is 103 Å². The third-order valence-corrected chi connectivity index (χ3v) is 8.66. The Hall–Kier alpha value is -3.52. The Morgan fingerprint density at radius 2 is 2.10 bits per heavy atom. The fourth-order valence-corrected chi connectivity index (χ4v) is 6.89. The number of oxime groups is 1. The molecule has 39 heavy (non-hydrogen) atoms. The van der Waals surface area contributed by atoms with E-state index in [1.807, 2.05) is 4.72 Å². The third-order valence-electron chi connectivity index (χ3n) is 5.59. The van der Waals surface area contributed by atoms with E-state index in [4.69, 9.17) is 9.39 Å². The maximum atomic E-state index is 13.2.